The third kappa shape index (κ3) is 7.47. The number of benzene rings is 3. The van der Waals surface area contributed by atoms with Crippen molar-refractivity contribution < 1.29 is 23.1 Å². The van der Waals surface area contributed by atoms with Crippen LogP contribution in [-0.4, -0.2) is 28.4 Å². The van der Waals surface area contributed by atoms with Gasteiger partial charge in [0.05, 0.1) is 17.1 Å². The quantitative estimate of drug-likeness (QED) is 0.190. The molecule has 4 aromatic rings. The van der Waals surface area contributed by atoms with Crippen molar-refractivity contribution in [1.82, 2.24) is 4.90 Å². The molecule has 0 aliphatic carbocycles. The summed E-state index contributed by atoms with van der Waals surface area (Å²) in [6, 6.07) is 17.7. The van der Waals surface area contributed by atoms with Crippen molar-refractivity contribution in [2.45, 2.75) is 45.4 Å². The van der Waals surface area contributed by atoms with E-state index >= 15 is 0 Å². The predicted molar refractivity (Wildman–Crippen MR) is 156 cm³/mol. The number of rotatable bonds is 8. The normalized spacial score (nSPS) is 12.2. The van der Waals surface area contributed by atoms with E-state index in [2.05, 4.69) is 0 Å². The van der Waals surface area contributed by atoms with Crippen LogP contribution >= 0.6 is 34.5 Å². The molecule has 1 aromatic heterocycles. The number of ether oxygens (including phenoxy) is 1. The zero-order valence-corrected chi connectivity index (χ0v) is 24.4. The van der Waals surface area contributed by atoms with E-state index in [0.29, 0.717) is 21.0 Å². The number of carbonyl (C=O) groups excluding carboxylic acids is 2. The first-order valence-electron chi connectivity index (χ1n) is 12.5. The highest BCUT2D eigenvalue weighted by Gasteiger charge is 2.35. The summed E-state index contributed by atoms with van der Waals surface area (Å²) >= 11 is 13.8. The molecular weight excluding hydrogens is 575 g/mol. The molecule has 1 heterocycles. The van der Waals surface area contributed by atoms with Crippen molar-refractivity contribution >= 4 is 46.4 Å². The molecule has 4 nitrogen and oxygen atoms in total. The summed E-state index contributed by atoms with van der Waals surface area (Å²) in [6.07, 6.45) is 0.169. The number of amides is 1. The fourth-order valence-electron chi connectivity index (χ4n) is 4.25. The Kier molecular flexibility index (Phi) is 9.29. The molecule has 0 saturated carbocycles. The van der Waals surface area contributed by atoms with Crippen molar-refractivity contribution in [1.29, 1.82) is 0 Å². The topological polar surface area (TPSA) is 46.6 Å². The van der Waals surface area contributed by atoms with E-state index in [9.17, 15) is 18.4 Å². The minimum atomic E-state index is -1.04. The van der Waals surface area contributed by atoms with Crippen molar-refractivity contribution in [2.24, 2.45) is 0 Å². The van der Waals surface area contributed by atoms with E-state index in [0.717, 1.165) is 11.6 Å². The summed E-state index contributed by atoms with van der Waals surface area (Å²) in [5, 5.41) is 2.25. The Balaban J connectivity index is 1.83. The van der Waals surface area contributed by atoms with Gasteiger partial charge in [0.25, 0.3) is 5.91 Å². The largest absolute Gasteiger partial charge is 0.458 e. The lowest BCUT2D eigenvalue weighted by atomic mass is 10.0. The number of nitrogens with zero attached hydrogens (tertiary/aromatic N) is 1. The molecule has 1 amide bonds. The number of thiophene rings is 1. The zero-order valence-electron chi connectivity index (χ0n) is 22.1. The average molecular weight is 603 g/mol. The molecule has 9 heteroatoms. The van der Waals surface area contributed by atoms with Crippen LogP contribution in [0.3, 0.4) is 0 Å². The summed E-state index contributed by atoms with van der Waals surface area (Å²) in [5.74, 6) is -2.55. The highest BCUT2D eigenvalue weighted by Crippen LogP contribution is 2.33. The Hall–Kier alpha value is -3.26. The summed E-state index contributed by atoms with van der Waals surface area (Å²) in [5.41, 5.74) is 1.03. The first-order chi connectivity index (χ1) is 18.9. The molecule has 1 atom stereocenters. The lowest BCUT2D eigenvalue weighted by molar-refractivity contribution is -0.160. The fraction of sp³-hybridized carbons (Fsp3) is 0.226. The smallest absolute Gasteiger partial charge is 0.329 e. The minimum absolute atomic E-state index is 0.0420. The van der Waals surface area contributed by atoms with Crippen LogP contribution in [0.5, 0.6) is 0 Å². The summed E-state index contributed by atoms with van der Waals surface area (Å²) in [6.45, 7) is 5.22. The van der Waals surface area contributed by atoms with Crippen LogP contribution in [-0.2, 0) is 22.5 Å². The van der Waals surface area contributed by atoms with E-state index in [-0.39, 0.29) is 23.6 Å². The maximum absolute atomic E-state index is 14.1. The van der Waals surface area contributed by atoms with Gasteiger partial charge in [-0.05, 0) is 79.2 Å². The van der Waals surface area contributed by atoms with Gasteiger partial charge in [0.15, 0.2) is 0 Å². The molecule has 0 aliphatic heterocycles. The van der Waals surface area contributed by atoms with Gasteiger partial charge < -0.3 is 9.64 Å². The fourth-order valence-corrected chi connectivity index (χ4v) is 5.64. The molecule has 208 valence electrons. The van der Waals surface area contributed by atoms with E-state index in [4.69, 9.17) is 27.9 Å². The number of esters is 1. The molecule has 40 heavy (non-hydrogen) atoms. The number of hydrogen-bond acceptors (Lipinski definition) is 4. The van der Waals surface area contributed by atoms with Gasteiger partial charge >= 0.3 is 5.97 Å². The molecule has 0 radical (unpaired) electrons. The minimum Gasteiger partial charge on any atom is -0.458 e. The second-order valence-electron chi connectivity index (χ2n) is 10.2. The van der Waals surface area contributed by atoms with Crippen LogP contribution in [0.25, 0.3) is 11.1 Å². The lowest BCUT2D eigenvalue weighted by Crippen LogP contribution is -2.48. The van der Waals surface area contributed by atoms with Crippen LogP contribution in [0.15, 0.2) is 78.2 Å². The van der Waals surface area contributed by atoms with Gasteiger partial charge in [-0.2, -0.15) is 0 Å². The third-order valence-electron chi connectivity index (χ3n) is 5.98. The van der Waals surface area contributed by atoms with Gasteiger partial charge in [-0.15, -0.1) is 11.3 Å². The summed E-state index contributed by atoms with van der Waals surface area (Å²) < 4.78 is 33.9. The Morgan fingerprint density at radius 1 is 0.950 bits per heavy atom. The van der Waals surface area contributed by atoms with Gasteiger partial charge in [-0.1, -0.05) is 53.5 Å². The SMILES string of the molecule is CC(C)(C)OC(=O)[C@H](Cc1ccccc1)N(Cc1sccc1-c1cc(F)cc(F)c1)C(=O)c1ccc(Cl)cc1Cl. The maximum atomic E-state index is 14.1. The van der Waals surface area contributed by atoms with Crippen molar-refractivity contribution in [2.75, 3.05) is 0 Å². The molecule has 3 aromatic carbocycles. The molecule has 4 rings (SSSR count). The van der Waals surface area contributed by atoms with Gasteiger partial charge in [0, 0.05) is 22.4 Å². The molecule has 0 bridgehead atoms. The van der Waals surface area contributed by atoms with Crippen LogP contribution in [0.2, 0.25) is 10.0 Å². The molecule has 0 aliphatic rings. The monoisotopic (exact) mass is 601 g/mol. The second-order valence-corrected chi connectivity index (χ2v) is 12.1. The van der Waals surface area contributed by atoms with Crippen LogP contribution in [0, 0.1) is 11.6 Å². The third-order valence-corrected chi connectivity index (χ3v) is 7.44. The predicted octanol–water partition coefficient (Wildman–Crippen LogP) is 8.60. The van der Waals surface area contributed by atoms with E-state index in [1.165, 1.54) is 40.5 Å². The van der Waals surface area contributed by atoms with E-state index < -0.39 is 35.2 Å². The molecule has 0 fully saturated rings. The van der Waals surface area contributed by atoms with E-state index in [1.54, 1.807) is 38.3 Å². The van der Waals surface area contributed by atoms with Crippen LogP contribution in [0.1, 0.15) is 41.6 Å². The first-order valence-corrected chi connectivity index (χ1v) is 14.1. The molecular formula is C31H27Cl2F2NO3S. The van der Waals surface area contributed by atoms with Crippen LogP contribution < -0.4 is 0 Å². The van der Waals surface area contributed by atoms with Gasteiger partial charge in [-0.25, -0.2) is 13.6 Å². The highest BCUT2D eigenvalue weighted by atomic mass is 35.5. The van der Waals surface area contributed by atoms with Gasteiger partial charge in [-0.3, -0.25) is 4.79 Å². The number of carbonyl (C=O) groups is 2. The van der Waals surface area contributed by atoms with E-state index in [1.807, 2.05) is 30.3 Å². The Bertz CT molecular complexity index is 1500. The Morgan fingerprint density at radius 3 is 2.25 bits per heavy atom. The van der Waals surface area contributed by atoms with Crippen molar-refractivity contribution in [3.8, 4) is 11.1 Å². The number of halogens is 4. The zero-order chi connectivity index (χ0) is 29.0. The Morgan fingerprint density at radius 2 is 1.62 bits per heavy atom. The van der Waals surface area contributed by atoms with Crippen LogP contribution in [0.4, 0.5) is 8.78 Å². The average Bonchev–Trinajstić information content (AvgIpc) is 3.33. The molecule has 0 unspecified atom stereocenters. The second kappa shape index (κ2) is 12.5. The number of hydrogen-bond donors (Lipinski definition) is 0. The molecule has 0 spiro atoms. The lowest BCUT2D eigenvalue weighted by Gasteiger charge is -2.33. The first kappa shape index (κ1) is 29.7. The summed E-state index contributed by atoms with van der Waals surface area (Å²) in [4.78, 5) is 29.9. The van der Waals surface area contributed by atoms with Gasteiger partial charge in [0.2, 0.25) is 0 Å². The standard InChI is InChI=1S/C31H27Cl2F2NO3S/c1-31(2,3)39-30(38)27(13-19-7-5-4-6-8-19)36(29(37)25-10-9-21(32)16-26(25)33)18-28-24(11-12-40-28)20-14-22(34)17-23(35)15-20/h4-12,14-17,27H,13,18H2,1-3H3/t27-/m0/s1. The summed E-state index contributed by atoms with van der Waals surface area (Å²) in [7, 11) is 0. The molecule has 0 saturated heterocycles. The molecule has 0 N–H and O–H groups in total. The maximum Gasteiger partial charge on any atom is 0.329 e. The van der Waals surface area contributed by atoms with Crippen molar-refractivity contribution in [3.05, 3.63) is 116 Å². The van der Waals surface area contributed by atoms with Crippen molar-refractivity contribution in [3.63, 3.8) is 0 Å². The van der Waals surface area contributed by atoms with Gasteiger partial charge in [0.1, 0.15) is 23.3 Å². The highest BCUT2D eigenvalue weighted by molar-refractivity contribution is 7.10. The Labute approximate surface area is 246 Å².